The molecule has 4 nitrogen and oxygen atoms in total. The van der Waals surface area contributed by atoms with Gasteiger partial charge < -0.3 is 4.74 Å². The molecule has 1 heterocycles. The molecular weight excluding hydrogens is 192 g/mol. The van der Waals surface area contributed by atoms with E-state index in [0.29, 0.717) is 6.67 Å². The fourth-order valence-corrected chi connectivity index (χ4v) is 1.61. The number of anilines is 1. The van der Waals surface area contributed by atoms with Crippen LogP contribution in [0.4, 0.5) is 5.69 Å². The van der Waals surface area contributed by atoms with Crippen LogP contribution in [0.3, 0.4) is 0 Å². The van der Waals surface area contributed by atoms with E-state index in [1.807, 2.05) is 30.3 Å². The van der Waals surface area contributed by atoms with Crippen molar-refractivity contribution in [2.24, 2.45) is 0 Å². The van der Waals surface area contributed by atoms with E-state index >= 15 is 0 Å². The topological polar surface area (TPSA) is 35.9 Å². The molecule has 2 rings (SSSR count). The minimum absolute atomic E-state index is 0.535. The Kier molecular flexibility index (Phi) is 3.55. The predicted molar refractivity (Wildman–Crippen MR) is 58.0 cm³/mol. The summed E-state index contributed by atoms with van der Waals surface area (Å²) < 4.78 is 5.25. The van der Waals surface area contributed by atoms with Gasteiger partial charge in [-0.3, -0.25) is 10.1 Å². The van der Waals surface area contributed by atoms with Crippen molar-refractivity contribution < 1.29 is 9.94 Å². The van der Waals surface area contributed by atoms with Crippen LogP contribution < -0.4 is 5.06 Å². The van der Waals surface area contributed by atoms with Crippen LogP contribution in [0, 0.1) is 0 Å². The number of hydrogen-bond donors (Lipinski definition) is 1. The Morgan fingerprint density at radius 2 is 1.87 bits per heavy atom. The quantitative estimate of drug-likeness (QED) is 0.756. The van der Waals surface area contributed by atoms with Gasteiger partial charge in [-0.1, -0.05) is 18.2 Å². The third-order valence-electron chi connectivity index (χ3n) is 2.49. The minimum atomic E-state index is 0.535. The summed E-state index contributed by atoms with van der Waals surface area (Å²) >= 11 is 0. The van der Waals surface area contributed by atoms with E-state index in [2.05, 4.69) is 4.90 Å². The van der Waals surface area contributed by atoms with E-state index in [9.17, 15) is 5.21 Å². The van der Waals surface area contributed by atoms with Gasteiger partial charge in [0.1, 0.15) is 0 Å². The smallest absolute Gasteiger partial charge is 0.0975 e. The molecule has 1 N–H and O–H groups in total. The lowest BCUT2D eigenvalue weighted by Gasteiger charge is -2.30. The summed E-state index contributed by atoms with van der Waals surface area (Å²) in [5, 5.41) is 11.1. The van der Waals surface area contributed by atoms with Crippen molar-refractivity contribution in [2.75, 3.05) is 38.0 Å². The van der Waals surface area contributed by atoms with Crippen molar-refractivity contribution in [3.05, 3.63) is 30.3 Å². The lowest BCUT2D eigenvalue weighted by molar-refractivity contribution is 0.0258. The molecule has 0 amide bonds. The van der Waals surface area contributed by atoms with Gasteiger partial charge in [0.25, 0.3) is 0 Å². The number of nitrogens with zero attached hydrogens (tertiary/aromatic N) is 2. The third-order valence-corrected chi connectivity index (χ3v) is 2.49. The van der Waals surface area contributed by atoms with E-state index in [1.165, 1.54) is 5.06 Å². The van der Waals surface area contributed by atoms with Crippen molar-refractivity contribution >= 4 is 5.69 Å². The SMILES string of the molecule is ON(CN1CCOCC1)c1ccccc1. The van der Waals surface area contributed by atoms with E-state index in [0.717, 1.165) is 32.0 Å². The zero-order valence-electron chi connectivity index (χ0n) is 8.67. The fourth-order valence-electron chi connectivity index (χ4n) is 1.61. The van der Waals surface area contributed by atoms with Crippen LogP contribution >= 0.6 is 0 Å². The van der Waals surface area contributed by atoms with Crippen molar-refractivity contribution in [2.45, 2.75) is 0 Å². The van der Waals surface area contributed by atoms with Crippen molar-refractivity contribution in [3.8, 4) is 0 Å². The number of benzene rings is 1. The van der Waals surface area contributed by atoms with Crippen LogP contribution in [-0.4, -0.2) is 43.1 Å². The molecule has 1 aromatic rings. The van der Waals surface area contributed by atoms with Gasteiger partial charge in [-0.05, 0) is 12.1 Å². The molecule has 0 atom stereocenters. The summed E-state index contributed by atoms with van der Waals surface area (Å²) in [6.45, 7) is 3.80. The molecule has 82 valence electrons. The van der Waals surface area contributed by atoms with Crippen LogP contribution in [0.1, 0.15) is 0 Å². The molecule has 0 saturated carbocycles. The van der Waals surface area contributed by atoms with Gasteiger partial charge in [0.2, 0.25) is 0 Å². The average molecular weight is 208 g/mol. The number of rotatable bonds is 3. The fraction of sp³-hybridized carbons (Fsp3) is 0.455. The summed E-state index contributed by atoms with van der Waals surface area (Å²) in [6, 6.07) is 9.54. The summed E-state index contributed by atoms with van der Waals surface area (Å²) in [7, 11) is 0. The Bertz CT molecular complexity index is 286. The zero-order valence-corrected chi connectivity index (χ0v) is 8.67. The van der Waals surface area contributed by atoms with Crippen LogP contribution in [-0.2, 0) is 4.74 Å². The molecule has 0 unspecified atom stereocenters. The van der Waals surface area contributed by atoms with Crippen LogP contribution in [0.25, 0.3) is 0 Å². The van der Waals surface area contributed by atoms with Crippen molar-refractivity contribution in [3.63, 3.8) is 0 Å². The lowest BCUT2D eigenvalue weighted by Crippen LogP contribution is -2.43. The molecule has 0 aliphatic carbocycles. The molecule has 1 fully saturated rings. The number of para-hydroxylation sites is 1. The van der Waals surface area contributed by atoms with Gasteiger partial charge in [-0.25, -0.2) is 5.06 Å². The van der Waals surface area contributed by atoms with Crippen LogP contribution in [0.2, 0.25) is 0 Å². The summed E-state index contributed by atoms with van der Waals surface area (Å²) in [4.78, 5) is 2.16. The molecule has 15 heavy (non-hydrogen) atoms. The first-order valence-electron chi connectivity index (χ1n) is 5.18. The van der Waals surface area contributed by atoms with E-state index in [4.69, 9.17) is 4.74 Å². The Hall–Kier alpha value is -1.10. The molecule has 0 spiro atoms. The normalized spacial score (nSPS) is 17.7. The predicted octanol–water partition coefficient (Wildman–Crippen LogP) is 1.17. The summed E-state index contributed by atoms with van der Waals surface area (Å²) in [6.07, 6.45) is 0. The Labute approximate surface area is 89.6 Å². The molecule has 1 aliphatic heterocycles. The molecule has 1 aliphatic rings. The maximum Gasteiger partial charge on any atom is 0.0975 e. The molecule has 4 heteroatoms. The van der Waals surface area contributed by atoms with Crippen LogP contribution in [0.5, 0.6) is 0 Å². The number of hydroxylamine groups is 1. The first-order chi connectivity index (χ1) is 7.36. The van der Waals surface area contributed by atoms with Gasteiger partial charge in [0, 0.05) is 13.1 Å². The summed E-state index contributed by atoms with van der Waals surface area (Å²) in [5.74, 6) is 0. The highest BCUT2D eigenvalue weighted by Gasteiger charge is 2.13. The first kappa shape index (κ1) is 10.4. The Morgan fingerprint density at radius 3 is 2.53 bits per heavy atom. The van der Waals surface area contributed by atoms with Crippen molar-refractivity contribution in [1.82, 2.24) is 4.90 Å². The van der Waals surface area contributed by atoms with Crippen molar-refractivity contribution in [1.29, 1.82) is 0 Å². The molecule has 1 saturated heterocycles. The first-order valence-corrected chi connectivity index (χ1v) is 5.18. The van der Waals surface area contributed by atoms with E-state index in [1.54, 1.807) is 0 Å². The second kappa shape index (κ2) is 5.11. The largest absolute Gasteiger partial charge is 0.379 e. The van der Waals surface area contributed by atoms with Gasteiger partial charge in [0.05, 0.1) is 25.6 Å². The average Bonchev–Trinajstić information content (AvgIpc) is 2.31. The molecule has 1 aromatic carbocycles. The van der Waals surface area contributed by atoms with E-state index in [-0.39, 0.29) is 0 Å². The molecule has 0 aromatic heterocycles. The molecular formula is C11H16N2O2. The Balaban J connectivity index is 1.88. The highest BCUT2D eigenvalue weighted by Crippen LogP contribution is 2.11. The standard InChI is InChI=1S/C11H16N2O2/c14-13(11-4-2-1-3-5-11)10-12-6-8-15-9-7-12/h1-5,14H,6-10H2. The lowest BCUT2D eigenvalue weighted by atomic mass is 10.3. The second-order valence-electron chi connectivity index (χ2n) is 3.61. The van der Waals surface area contributed by atoms with Crippen LogP contribution in [0.15, 0.2) is 30.3 Å². The highest BCUT2D eigenvalue weighted by molar-refractivity contribution is 5.42. The van der Waals surface area contributed by atoms with Gasteiger partial charge >= 0.3 is 0 Å². The zero-order chi connectivity index (χ0) is 10.5. The number of ether oxygens (including phenoxy) is 1. The monoisotopic (exact) mass is 208 g/mol. The second-order valence-corrected chi connectivity index (χ2v) is 3.61. The maximum atomic E-state index is 9.82. The maximum absolute atomic E-state index is 9.82. The Morgan fingerprint density at radius 1 is 1.20 bits per heavy atom. The number of hydrogen-bond acceptors (Lipinski definition) is 4. The molecule has 0 radical (unpaired) electrons. The number of morpholine rings is 1. The van der Waals surface area contributed by atoms with E-state index < -0.39 is 0 Å². The van der Waals surface area contributed by atoms with Gasteiger partial charge in [-0.2, -0.15) is 0 Å². The minimum Gasteiger partial charge on any atom is -0.379 e. The third kappa shape index (κ3) is 2.92. The molecule has 0 bridgehead atoms. The van der Waals surface area contributed by atoms with Gasteiger partial charge in [-0.15, -0.1) is 0 Å². The summed E-state index contributed by atoms with van der Waals surface area (Å²) in [5.41, 5.74) is 0.823. The highest BCUT2D eigenvalue weighted by atomic mass is 16.5. The van der Waals surface area contributed by atoms with Gasteiger partial charge in [0.15, 0.2) is 0 Å².